The summed E-state index contributed by atoms with van der Waals surface area (Å²) in [5.74, 6) is 0.222. The standard InChI is InChI=1S/C13H17NO/c15-13-8-4-7-12(14-13)10-9-11-5-2-1-3-6-11/h1-3,5-6,12H,4,7-10H2,(H,14,15). The lowest BCUT2D eigenvalue weighted by Gasteiger charge is -2.23. The normalized spacial score (nSPS) is 21.1. The number of carbonyl (C=O) groups excluding carboxylic acids is 1. The molecule has 1 N–H and O–H groups in total. The Hall–Kier alpha value is -1.31. The number of rotatable bonds is 3. The van der Waals surface area contributed by atoms with Crippen molar-refractivity contribution in [1.82, 2.24) is 5.32 Å². The lowest BCUT2D eigenvalue weighted by Crippen LogP contribution is -2.38. The maximum absolute atomic E-state index is 11.2. The molecule has 1 saturated heterocycles. The SMILES string of the molecule is O=C1CCCC(CCc2ccccc2)N1. The molecule has 0 aliphatic carbocycles. The molecule has 1 aromatic carbocycles. The number of carbonyl (C=O) groups is 1. The van der Waals surface area contributed by atoms with Crippen LogP contribution < -0.4 is 5.32 Å². The summed E-state index contributed by atoms with van der Waals surface area (Å²) >= 11 is 0. The fourth-order valence-electron chi connectivity index (χ4n) is 2.08. The molecular formula is C13H17NO. The Morgan fingerprint density at radius 2 is 2.07 bits per heavy atom. The Morgan fingerprint density at radius 1 is 1.27 bits per heavy atom. The van der Waals surface area contributed by atoms with Crippen molar-refractivity contribution in [2.45, 2.75) is 38.1 Å². The second-order valence-electron chi connectivity index (χ2n) is 4.18. The number of benzene rings is 1. The average molecular weight is 203 g/mol. The first-order chi connectivity index (χ1) is 7.34. The van der Waals surface area contributed by atoms with E-state index >= 15 is 0 Å². The fraction of sp³-hybridized carbons (Fsp3) is 0.462. The Morgan fingerprint density at radius 3 is 2.80 bits per heavy atom. The molecule has 2 heteroatoms. The van der Waals surface area contributed by atoms with Gasteiger partial charge in [-0.15, -0.1) is 0 Å². The first-order valence-electron chi connectivity index (χ1n) is 5.68. The summed E-state index contributed by atoms with van der Waals surface area (Å²) < 4.78 is 0. The molecule has 1 unspecified atom stereocenters. The maximum Gasteiger partial charge on any atom is 0.220 e. The minimum Gasteiger partial charge on any atom is -0.353 e. The molecule has 1 fully saturated rings. The molecule has 0 spiro atoms. The lowest BCUT2D eigenvalue weighted by molar-refractivity contribution is -0.123. The first kappa shape index (κ1) is 10.2. The smallest absolute Gasteiger partial charge is 0.220 e. The van der Waals surface area contributed by atoms with Gasteiger partial charge in [0, 0.05) is 12.5 Å². The summed E-state index contributed by atoms with van der Waals surface area (Å²) in [4.78, 5) is 11.2. The summed E-state index contributed by atoms with van der Waals surface area (Å²) in [6, 6.07) is 10.8. The molecule has 1 heterocycles. The number of hydrogen-bond acceptors (Lipinski definition) is 1. The largest absolute Gasteiger partial charge is 0.353 e. The topological polar surface area (TPSA) is 29.1 Å². The van der Waals surface area contributed by atoms with Crippen LogP contribution in [0.25, 0.3) is 0 Å². The third-order valence-corrected chi connectivity index (χ3v) is 2.95. The van der Waals surface area contributed by atoms with E-state index in [0.717, 1.165) is 25.7 Å². The van der Waals surface area contributed by atoms with Crippen LogP contribution in [0, 0.1) is 0 Å². The van der Waals surface area contributed by atoms with Crippen LogP contribution in [0.3, 0.4) is 0 Å². The van der Waals surface area contributed by atoms with Gasteiger partial charge in [0.1, 0.15) is 0 Å². The molecule has 0 aromatic heterocycles. The fourth-order valence-corrected chi connectivity index (χ4v) is 2.08. The van der Waals surface area contributed by atoms with Gasteiger partial charge in [-0.25, -0.2) is 0 Å². The van der Waals surface area contributed by atoms with E-state index in [4.69, 9.17) is 0 Å². The van der Waals surface area contributed by atoms with Gasteiger partial charge in [-0.3, -0.25) is 4.79 Å². The van der Waals surface area contributed by atoms with Gasteiger partial charge in [0.2, 0.25) is 5.91 Å². The van der Waals surface area contributed by atoms with Crippen LogP contribution in [-0.4, -0.2) is 11.9 Å². The molecule has 80 valence electrons. The van der Waals surface area contributed by atoms with Crippen molar-refractivity contribution in [3.63, 3.8) is 0 Å². The highest BCUT2D eigenvalue weighted by molar-refractivity contribution is 5.76. The van der Waals surface area contributed by atoms with Gasteiger partial charge < -0.3 is 5.32 Å². The van der Waals surface area contributed by atoms with E-state index in [1.807, 2.05) is 6.07 Å². The van der Waals surface area contributed by atoms with E-state index in [1.165, 1.54) is 5.56 Å². The van der Waals surface area contributed by atoms with E-state index in [-0.39, 0.29) is 5.91 Å². The zero-order valence-corrected chi connectivity index (χ0v) is 8.91. The third-order valence-electron chi connectivity index (χ3n) is 2.95. The molecule has 0 radical (unpaired) electrons. The van der Waals surface area contributed by atoms with Gasteiger partial charge in [-0.05, 0) is 31.2 Å². The van der Waals surface area contributed by atoms with Crippen LogP contribution in [0.1, 0.15) is 31.2 Å². The van der Waals surface area contributed by atoms with Gasteiger partial charge in [0.05, 0.1) is 0 Å². The Kier molecular flexibility index (Phi) is 3.38. The Balaban J connectivity index is 1.80. The Labute approximate surface area is 90.7 Å². The zero-order chi connectivity index (χ0) is 10.5. The molecule has 15 heavy (non-hydrogen) atoms. The van der Waals surface area contributed by atoms with Crippen molar-refractivity contribution >= 4 is 5.91 Å². The van der Waals surface area contributed by atoms with E-state index in [0.29, 0.717) is 12.5 Å². The molecule has 1 aromatic rings. The molecule has 1 aliphatic heterocycles. The quantitative estimate of drug-likeness (QED) is 0.802. The van der Waals surface area contributed by atoms with E-state index < -0.39 is 0 Å². The molecule has 2 rings (SSSR count). The number of nitrogens with one attached hydrogen (secondary N) is 1. The number of aryl methyl sites for hydroxylation is 1. The maximum atomic E-state index is 11.2. The molecule has 1 aliphatic rings. The van der Waals surface area contributed by atoms with Gasteiger partial charge in [-0.1, -0.05) is 30.3 Å². The number of amides is 1. The van der Waals surface area contributed by atoms with Crippen LogP contribution in [0.4, 0.5) is 0 Å². The molecule has 0 bridgehead atoms. The third kappa shape index (κ3) is 3.08. The van der Waals surface area contributed by atoms with Crippen molar-refractivity contribution in [1.29, 1.82) is 0 Å². The predicted molar refractivity (Wildman–Crippen MR) is 60.5 cm³/mol. The van der Waals surface area contributed by atoms with Crippen molar-refractivity contribution in [3.8, 4) is 0 Å². The number of piperidine rings is 1. The average Bonchev–Trinajstić information content (AvgIpc) is 2.28. The summed E-state index contributed by atoms with van der Waals surface area (Å²) in [5, 5.41) is 3.05. The zero-order valence-electron chi connectivity index (χ0n) is 8.91. The second-order valence-corrected chi connectivity index (χ2v) is 4.18. The van der Waals surface area contributed by atoms with Crippen LogP contribution >= 0.6 is 0 Å². The highest BCUT2D eigenvalue weighted by atomic mass is 16.1. The van der Waals surface area contributed by atoms with Crippen LogP contribution in [0.2, 0.25) is 0 Å². The number of hydrogen-bond donors (Lipinski definition) is 1. The van der Waals surface area contributed by atoms with Crippen molar-refractivity contribution < 1.29 is 4.79 Å². The Bertz CT molecular complexity index is 321. The van der Waals surface area contributed by atoms with Gasteiger partial charge >= 0.3 is 0 Å². The monoisotopic (exact) mass is 203 g/mol. The summed E-state index contributed by atoms with van der Waals surface area (Å²) in [7, 11) is 0. The van der Waals surface area contributed by atoms with E-state index in [1.54, 1.807) is 0 Å². The predicted octanol–water partition coefficient (Wildman–Crippen LogP) is 2.29. The van der Waals surface area contributed by atoms with E-state index in [2.05, 4.69) is 29.6 Å². The van der Waals surface area contributed by atoms with Crippen molar-refractivity contribution in [3.05, 3.63) is 35.9 Å². The minimum atomic E-state index is 0.222. The van der Waals surface area contributed by atoms with Crippen molar-refractivity contribution in [2.75, 3.05) is 0 Å². The van der Waals surface area contributed by atoms with Crippen molar-refractivity contribution in [2.24, 2.45) is 0 Å². The van der Waals surface area contributed by atoms with Gasteiger partial charge in [0.25, 0.3) is 0 Å². The molecule has 1 amide bonds. The highest BCUT2D eigenvalue weighted by Crippen LogP contribution is 2.13. The van der Waals surface area contributed by atoms with Crippen LogP contribution in [0.15, 0.2) is 30.3 Å². The molecular weight excluding hydrogens is 186 g/mol. The summed E-state index contributed by atoms with van der Waals surface area (Å²) in [5.41, 5.74) is 1.36. The summed E-state index contributed by atoms with van der Waals surface area (Å²) in [6.07, 6.45) is 5.02. The van der Waals surface area contributed by atoms with E-state index in [9.17, 15) is 4.79 Å². The van der Waals surface area contributed by atoms with Crippen LogP contribution in [-0.2, 0) is 11.2 Å². The highest BCUT2D eigenvalue weighted by Gasteiger charge is 2.17. The van der Waals surface area contributed by atoms with Gasteiger partial charge in [0.15, 0.2) is 0 Å². The lowest BCUT2D eigenvalue weighted by atomic mass is 9.98. The van der Waals surface area contributed by atoms with Crippen LogP contribution in [0.5, 0.6) is 0 Å². The molecule has 1 atom stereocenters. The first-order valence-corrected chi connectivity index (χ1v) is 5.68. The second kappa shape index (κ2) is 4.96. The summed E-state index contributed by atoms with van der Waals surface area (Å²) in [6.45, 7) is 0. The van der Waals surface area contributed by atoms with Gasteiger partial charge in [-0.2, -0.15) is 0 Å². The molecule has 0 saturated carbocycles. The minimum absolute atomic E-state index is 0.222. The molecule has 2 nitrogen and oxygen atoms in total.